The van der Waals surface area contributed by atoms with Crippen LogP contribution in [0.1, 0.15) is 35.3 Å². The highest BCUT2D eigenvalue weighted by Crippen LogP contribution is 2.40. The number of thioether (sulfide) groups is 1. The van der Waals surface area contributed by atoms with E-state index in [1.807, 2.05) is 31.2 Å². The average molecular weight is 452 g/mol. The Morgan fingerprint density at radius 3 is 2.75 bits per heavy atom. The number of nitrogens with zero attached hydrogens (tertiary/aromatic N) is 2. The molecule has 7 nitrogen and oxygen atoms in total. The molecule has 2 aliphatic heterocycles. The summed E-state index contributed by atoms with van der Waals surface area (Å²) in [4.78, 5) is 32.3. The highest BCUT2D eigenvalue weighted by atomic mass is 32.2. The van der Waals surface area contributed by atoms with Gasteiger partial charge in [0.2, 0.25) is 0 Å². The van der Waals surface area contributed by atoms with Gasteiger partial charge in [-0.3, -0.25) is 4.79 Å². The predicted octanol–water partition coefficient (Wildman–Crippen LogP) is 4.24. The van der Waals surface area contributed by atoms with E-state index in [1.165, 1.54) is 7.11 Å². The first-order chi connectivity index (χ1) is 15.5. The Balaban J connectivity index is 1.67. The van der Waals surface area contributed by atoms with Gasteiger partial charge in [-0.05, 0) is 49.2 Å². The number of ether oxygens (including phenoxy) is 2. The van der Waals surface area contributed by atoms with E-state index in [0.29, 0.717) is 28.3 Å². The van der Waals surface area contributed by atoms with Crippen LogP contribution in [-0.4, -0.2) is 48.5 Å². The maximum Gasteiger partial charge on any atom is 0.338 e. The summed E-state index contributed by atoms with van der Waals surface area (Å²) in [5, 5.41) is 3.86. The lowest BCUT2D eigenvalue weighted by molar-refractivity contribution is -0.136. The van der Waals surface area contributed by atoms with Crippen LogP contribution in [0.2, 0.25) is 0 Å². The van der Waals surface area contributed by atoms with E-state index in [9.17, 15) is 9.59 Å². The third-order valence-corrected chi connectivity index (χ3v) is 6.53. The molecule has 2 aliphatic rings. The molecule has 0 spiro atoms. The third kappa shape index (κ3) is 4.36. The van der Waals surface area contributed by atoms with Gasteiger partial charge in [0.1, 0.15) is 5.75 Å². The van der Waals surface area contributed by atoms with Crippen molar-refractivity contribution in [1.82, 2.24) is 4.90 Å². The van der Waals surface area contributed by atoms with E-state index < -0.39 is 5.97 Å². The molecule has 1 N–H and O–H groups in total. The summed E-state index contributed by atoms with van der Waals surface area (Å²) in [6.45, 7) is 2.64. The predicted molar refractivity (Wildman–Crippen MR) is 126 cm³/mol. The van der Waals surface area contributed by atoms with Gasteiger partial charge in [-0.1, -0.05) is 30.0 Å². The second-order valence-corrected chi connectivity index (χ2v) is 8.56. The topological polar surface area (TPSA) is 80.2 Å². The Morgan fingerprint density at radius 1 is 1.16 bits per heavy atom. The lowest BCUT2D eigenvalue weighted by Gasteiger charge is -2.40. The van der Waals surface area contributed by atoms with Crippen LogP contribution in [0.25, 0.3) is 0 Å². The minimum atomic E-state index is -0.392. The number of rotatable bonds is 5. The summed E-state index contributed by atoms with van der Waals surface area (Å²) in [7, 11) is 2.95. The van der Waals surface area contributed by atoms with Crippen molar-refractivity contribution in [2.45, 2.75) is 19.4 Å². The van der Waals surface area contributed by atoms with Gasteiger partial charge in [-0.2, -0.15) is 0 Å². The number of carbonyl (C=O) groups is 2. The first-order valence-corrected chi connectivity index (χ1v) is 11.3. The normalized spacial score (nSPS) is 17.9. The lowest BCUT2D eigenvalue weighted by atomic mass is 9.94. The Morgan fingerprint density at radius 2 is 1.97 bits per heavy atom. The molecule has 1 saturated heterocycles. The smallest absolute Gasteiger partial charge is 0.338 e. The monoisotopic (exact) mass is 451 g/mol. The standard InChI is InChI=1S/C24H25N3O4S/c1-15-20(23(29)31-3)21(27-11-6-12-32-24(27)25-15)16-7-4-9-18(13-16)26-22(28)17-8-5-10-19(14-17)30-2/h4-5,7-10,13-14,21H,6,11-12H2,1-3H3,(H,26,28). The van der Waals surface area contributed by atoms with Crippen LogP contribution < -0.4 is 10.1 Å². The average Bonchev–Trinajstić information content (AvgIpc) is 2.82. The number of hydrogen-bond acceptors (Lipinski definition) is 7. The van der Waals surface area contributed by atoms with Crippen LogP contribution in [-0.2, 0) is 9.53 Å². The van der Waals surface area contributed by atoms with Crippen LogP contribution in [0, 0.1) is 0 Å². The minimum Gasteiger partial charge on any atom is -0.497 e. The largest absolute Gasteiger partial charge is 0.497 e. The fourth-order valence-corrected chi connectivity index (χ4v) is 4.96. The first-order valence-electron chi connectivity index (χ1n) is 10.3. The van der Waals surface area contributed by atoms with Gasteiger partial charge in [0.25, 0.3) is 5.91 Å². The molecule has 8 heteroatoms. The van der Waals surface area contributed by atoms with Gasteiger partial charge in [-0.25, -0.2) is 9.79 Å². The molecule has 0 aromatic heterocycles. The number of amidine groups is 1. The fraction of sp³-hybridized carbons (Fsp3) is 0.292. The third-order valence-electron chi connectivity index (χ3n) is 5.46. The number of anilines is 1. The minimum absolute atomic E-state index is 0.236. The lowest BCUT2D eigenvalue weighted by Crippen LogP contribution is -2.42. The van der Waals surface area contributed by atoms with Gasteiger partial charge in [-0.15, -0.1) is 0 Å². The van der Waals surface area contributed by atoms with Gasteiger partial charge in [0.05, 0.1) is 31.5 Å². The molecule has 1 unspecified atom stereocenters. The molecule has 0 bridgehead atoms. The van der Waals surface area contributed by atoms with Crippen molar-refractivity contribution in [2.24, 2.45) is 4.99 Å². The Bertz CT molecular complexity index is 1110. The second kappa shape index (κ2) is 9.48. The van der Waals surface area contributed by atoms with Crippen molar-refractivity contribution in [2.75, 3.05) is 31.8 Å². The zero-order valence-electron chi connectivity index (χ0n) is 18.3. The summed E-state index contributed by atoms with van der Waals surface area (Å²) in [6.07, 6.45) is 1.000. The molecule has 166 valence electrons. The number of allylic oxidation sites excluding steroid dienone is 1. The van der Waals surface area contributed by atoms with Crippen molar-refractivity contribution in [1.29, 1.82) is 0 Å². The van der Waals surface area contributed by atoms with Crippen LogP contribution in [0.3, 0.4) is 0 Å². The number of nitrogens with one attached hydrogen (secondary N) is 1. The molecule has 0 radical (unpaired) electrons. The molecule has 32 heavy (non-hydrogen) atoms. The number of aliphatic imine (C=N–C) groups is 1. The summed E-state index contributed by atoms with van der Waals surface area (Å²) in [5.41, 5.74) is 3.22. The Labute approximate surface area is 191 Å². The molecule has 0 saturated carbocycles. The van der Waals surface area contributed by atoms with Gasteiger partial charge < -0.3 is 19.7 Å². The summed E-state index contributed by atoms with van der Waals surface area (Å²) in [5.74, 6) is 0.989. The first kappa shape index (κ1) is 22.0. The molecule has 0 aliphatic carbocycles. The fourth-order valence-electron chi connectivity index (χ4n) is 3.94. The maximum absolute atomic E-state index is 12.8. The summed E-state index contributed by atoms with van der Waals surface area (Å²) in [6, 6.07) is 14.2. The molecule has 1 atom stereocenters. The Hall–Kier alpha value is -3.26. The van der Waals surface area contributed by atoms with E-state index in [-0.39, 0.29) is 11.9 Å². The molecule has 1 amide bonds. The van der Waals surface area contributed by atoms with E-state index in [0.717, 1.165) is 29.4 Å². The van der Waals surface area contributed by atoms with Crippen molar-refractivity contribution >= 4 is 34.5 Å². The highest BCUT2D eigenvalue weighted by molar-refractivity contribution is 8.13. The molecule has 2 heterocycles. The zero-order valence-corrected chi connectivity index (χ0v) is 19.1. The molecular weight excluding hydrogens is 426 g/mol. The molecule has 1 fully saturated rings. The molecule has 4 rings (SSSR count). The molecule has 2 aromatic carbocycles. The number of benzene rings is 2. The number of esters is 1. The van der Waals surface area contributed by atoms with E-state index >= 15 is 0 Å². The number of methoxy groups -OCH3 is 2. The summed E-state index contributed by atoms with van der Waals surface area (Å²) < 4.78 is 10.3. The second-order valence-electron chi connectivity index (χ2n) is 7.49. The highest BCUT2D eigenvalue weighted by Gasteiger charge is 2.37. The summed E-state index contributed by atoms with van der Waals surface area (Å²) >= 11 is 1.69. The van der Waals surface area contributed by atoms with E-state index in [1.54, 1.807) is 43.1 Å². The van der Waals surface area contributed by atoms with Gasteiger partial charge in [0.15, 0.2) is 5.17 Å². The van der Waals surface area contributed by atoms with Crippen LogP contribution in [0.15, 0.2) is 64.8 Å². The number of amides is 1. The van der Waals surface area contributed by atoms with Crippen molar-refractivity contribution in [3.05, 3.63) is 70.9 Å². The van der Waals surface area contributed by atoms with Crippen LogP contribution in [0.4, 0.5) is 5.69 Å². The van der Waals surface area contributed by atoms with Gasteiger partial charge in [0, 0.05) is 23.5 Å². The number of carbonyl (C=O) groups excluding carboxylic acids is 2. The van der Waals surface area contributed by atoms with E-state index in [4.69, 9.17) is 9.47 Å². The van der Waals surface area contributed by atoms with E-state index in [2.05, 4.69) is 15.2 Å². The SMILES string of the molecule is COC(=O)C1=C(C)N=C2SCCCN2C1c1cccc(NC(=O)c2cccc(OC)c2)c1. The van der Waals surface area contributed by atoms with Crippen molar-refractivity contribution < 1.29 is 19.1 Å². The quantitative estimate of drug-likeness (QED) is 0.685. The maximum atomic E-state index is 12.8. The molecule has 2 aromatic rings. The van der Waals surface area contributed by atoms with Crippen LogP contribution in [0.5, 0.6) is 5.75 Å². The zero-order chi connectivity index (χ0) is 22.7. The number of fused-ring (bicyclic) bond motifs is 1. The van der Waals surface area contributed by atoms with Crippen molar-refractivity contribution in [3.63, 3.8) is 0 Å². The van der Waals surface area contributed by atoms with Crippen molar-refractivity contribution in [3.8, 4) is 5.75 Å². The van der Waals surface area contributed by atoms with Crippen LogP contribution >= 0.6 is 11.8 Å². The van der Waals surface area contributed by atoms with Gasteiger partial charge >= 0.3 is 5.97 Å². The number of hydrogen-bond donors (Lipinski definition) is 1. The Kier molecular flexibility index (Phi) is 6.50. The molecular formula is C24H25N3O4S.